The molecule has 0 unspecified atom stereocenters. The Hall–Kier alpha value is -1.79. The molecule has 23 heavy (non-hydrogen) atoms. The average Bonchev–Trinajstić information content (AvgIpc) is 3.08. The van der Waals surface area contributed by atoms with Gasteiger partial charge in [0.2, 0.25) is 0 Å². The molecule has 4 rings (SSSR count). The van der Waals surface area contributed by atoms with E-state index in [4.69, 9.17) is 0 Å². The van der Waals surface area contributed by atoms with Gasteiger partial charge in [0.1, 0.15) is 16.5 Å². The fraction of sp³-hybridized carbons (Fsp3) is 0.176. The molecule has 1 N–H and O–H groups in total. The summed E-state index contributed by atoms with van der Waals surface area (Å²) in [5, 5.41) is 0.754. The van der Waals surface area contributed by atoms with Crippen LogP contribution in [-0.4, -0.2) is 9.97 Å². The number of nitrogens with one attached hydrogen (secondary N) is 1. The van der Waals surface area contributed by atoms with Crippen molar-refractivity contribution in [3.63, 3.8) is 0 Å². The Labute approximate surface area is 144 Å². The third kappa shape index (κ3) is 2.66. The number of hydrogen-bond donors (Lipinski definition) is 1. The normalized spacial score (nSPS) is 14.0. The zero-order valence-electron chi connectivity index (χ0n) is 12.0. The maximum atomic E-state index is 13.2. The van der Waals surface area contributed by atoms with Crippen molar-refractivity contribution < 1.29 is 4.39 Å². The van der Waals surface area contributed by atoms with Gasteiger partial charge in [-0.2, -0.15) is 0 Å². The first-order valence-corrected chi connectivity index (χ1v) is 8.90. The molecule has 3 aromatic rings. The molecule has 3 nitrogen and oxygen atoms in total. The summed E-state index contributed by atoms with van der Waals surface area (Å²) in [4.78, 5) is 21.8. The molecule has 1 aliphatic carbocycles. The van der Waals surface area contributed by atoms with Crippen LogP contribution in [0.4, 0.5) is 4.39 Å². The highest BCUT2D eigenvalue weighted by Crippen LogP contribution is 2.34. The maximum Gasteiger partial charge on any atom is 0.260 e. The molecular formula is C17H12BrFN2OS. The van der Waals surface area contributed by atoms with Crippen LogP contribution in [0, 0.1) is 5.82 Å². The van der Waals surface area contributed by atoms with Gasteiger partial charge in [-0.05, 0) is 64.5 Å². The summed E-state index contributed by atoms with van der Waals surface area (Å²) in [6.07, 6.45) is 6.68. The van der Waals surface area contributed by atoms with E-state index in [0.717, 1.165) is 35.0 Å². The lowest BCUT2D eigenvalue weighted by atomic mass is 10.2. The Morgan fingerprint density at radius 3 is 3.00 bits per heavy atom. The highest BCUT2D eigenvalue weighted by molar-refractivity contribution is 9.10. The van der Waals surface area contributed by atoms with E-state index < -0.39 is 0 Å². The van der Waals surface area contributed by atoms with E-state index in [0.29, 0.717) is 10.3 Å². The smallest absolute Gasteiger partial charge is 0.260 e. The summed E-state index contributed by atoms with van der Waals surface area (Å²) in [5.41, 5.74) is 1.93. The quantitative estimate of drug-likeness (QED) is 0.697. The summed E-state index contributed by atoms with van der Waals surface area (Å²) in [5.74, 6) is 0.214. The van der Waals surface area contributed by atoms with Crippen LogP contribution in [0.15, 0.2) is 27.5 Å². The molecule has 0 fully saturated rings. The molecule has 116 valence electrons. The Balaban J connectivity index is 1.73. The van der Waals surface area contributed by atoms with Crippen LogP contribution in [0.5, 0.6) is 0 Å². The molecule has 0 radical (unpaired) electrons. The number of benzene rings is 1. The van der Waals surface area contributed by atoms with Crippen molar-refractivity contribution in [3.8, 4) is 0 Å². The molecule has 2 aromatic heterocycles. The topological polar surface area (TPSA) is 45.8 Å². The third-order valence-corrected chi connectivity index (χ3v) is 5.76. The number of H-pyrrole nitrogens is 1. The summed E-state index contributed by atoms with van der Waals surface area (Å²) in [6.45, 7) is 0. The monoisotopic (exact) mass is 390 g/mol. The predicted molar refractivity (Wildman–Crippen MR) is 95.3 cm³/mol. The Morgan fingerprint density at radius 1 is 1.30 bits per heavy atom. The SMILES string of the molecule is O=c1[nH]c(/C=C/c2ccc(F)c(Br)c2)nc2sc3c(c12)CCC3. The number of aryl methyl sites for hydroxylation is 2. The van der Waals surface area contributed by atoms with Crippen LogP contribution in [0.25, 0.3) is 22.4 Å². The highest BCUT2D eigenvalue weighted by atomic mass is 79.9. The number of aromatic nitrogens is 2. The predicted octanol–water partition coefficient (Wildman–Crippen LogP) is 4.55. The van der Waals surface area contributed by atoms with E-state index in [2.05, 4.69) is 25.9 Å². The summed E-state index contributed by atoms with van der Waals surface area (Å²) < 4.78 is 13.6. The second kappa shape index (κ2) is 5.69. The van der Waals surface area contributed by atoms with Crippen molar-refractivity contribution in [2.45, 2.75) is 19.3 Å². The van der Waals surface area contributed by atoms with Crippen LogP contribution >= 0.6 is 27.3 Å². The lowest BCUT2D eigenvalue weighted by Crippen LogP contribution is -2.09. The second-order valence-corrected chi connectivity index (χ2v) is 7.43. The minimum Gasteiger partial charge on any atom is -0.306 e. The standard InChI is InChI=1S/C17H12BrFN2OS/c18-11-8-9(4-6-12(11)19)5-7-14-20-16(22)15-10-2-1-3-13(10)23-17(15)21-14/h4-8H,1-3H2,(H,20,21,22)/b7-5+. The zero-order chi connectivity index (χ0) is 16.0. The third-order valence-electron chi connectivity index (χ3n) is 3.97. The molecule has 0 amide bonds. The van der Waals surface area contributed by atoms with Gasteiger partial charge >= 0.3 is 0 Å². The minimum absolute atomic E-state index is 0.0747. The maximum absolute atomic E-state index is 13.2. The highest BCUT2D eigenvalue weighted by Gasteiger charge is 2.20. The molecule has 0 saturated heterocycles. The number of halogens is 2. The van der Waals surface area contributed by atoms with E-state index in [9.17, 15) is 9.18 Å². The van der Waals surface area contributed by atoms with Crippen molar-refractivity contribution >= 4 is 49.6 Å². The summed E-state index contributed by atoms with van der Waals surface area (Å²) in [7, 11) is 0. The Morgan fingerprint density at radius 2 is 2.17 bits per heavy atom. The van der Waals surface area contributed by atoms with E-state index in [-0.39, 0.29) is 11.4 Å². The van der Waals surface area contributed by atoms with Crippen molar-refractivity contribution in [3.05, 3.63) is 60.7 Å². The number of hydrogen-bond acceptors (Lipinski definition) is 3. The van der Waals surface area contributed by atoms with Gasteiger partial charge in [0.25, 0.3) is 5.56 Å². The molecule has 0 bridgehead atoms. The van der Waals surface area contributed by atoms with Gasteiger partial charge in [0, 0.05) is 4.88 Å². The van der Waals surface area contributed by atoms with E-state index >= 15 is 0 Å². The van der Waals surface area contributed by atoms with E-state index in [1.54, 1.807) is 35.6 Å². The average molecular weight is 391 g/mol. The van der Waals surface area contributed by atoms with Crippen LogP contribution in [-0.2, 0) is 12.8 Å². The van der Waals surface area contributed by atoms with Gasteiger partial charge in [-0.3, -0.25) is 4.79 Å². The summed E-state index contributed by atoms with van der Waals surface area (Å²) >= 11 is 4.78. The second-order valence-electron chi connectivity index (χ2n) is 5.50. The molecule has 0 spiro atoms. The molecule has 6 heteroatoms. The van der Waals surface area contributed by atoms with E-state index in [1.165, 1.54) is 16.5 Å². The molecule has 1 aliphatic rings. The van der Waals surface area contributed by atoms with Crippen LogP contribution < -0.4 is 5.56 Å². The van der Waals surface area contributed by atoms with Gasteiger partial charge in [0.15, 0.2) is 0 Å². The van der Waals surface area contributed by atoms with Crippen molar-refractivity contribution in [1.29, 1.82) is 0 Å². The van der Waals surface area contributed by atoms with Gasteiger partial charge in [-0.25, -0.2) is 9.37 Å². The molecule has 0 aliphatic heterocycles. The number of aromatic amines is 1. The summed E-state index contributed by atoms with van der Waals surface area (Å²) in [6, 6.07) is 4.75. The van der Waals surface area contributed by atoms with Crippen LogP contribution in [0.2, 0.25) is 0 Å². The van der Waals surface area contributed by atoms with Gasteiger partial charge in [0.05, 0.1) is 9.86 Å². The molecule has 0 atom stereocenters. The number of thiophene rings is 1. The first-order chi connectivity index (χ1) is 11.1. The fourth-order valence-corrected chi connectivity index (χ4v) is 4.55. The van der Waals surface area contributed by atoms with Crippen LogP contribution in [0.1, 0.15) is 28.2 Å². The first kappa shape index (κ1) is 14.8. The van der Waals surface area contributed by atoms with E-state index in [1.807, 2.05) is 0 Å². The Kier molecular flexibility index (Phi) is 3.66. The van der Waals surface area contributed by atoms with Gasteiger partial charge < -0.3 is 4.98 Å². The first-order valence-electron chi connectivity index (χ1n) is 7.29. The number of nitrogens with zero attached hydrogens (tertiary/aromatic N) is 1. The molecular weight excluding hydrogens is 379 g/mol. The largest absolute Gasteiger partial charge is 0.306 e. The minimum atomic E-state index is -0.303. The number of fused-ring (bicyclic) bond motifs is 3. The van der Waals surface area contributed by atoms with Crippen molar-refractivity contribution in [2.75, 3.05) is 0 Å². The fourth-order valence-electron chi connectivity index (χ4n) is 2.89. The van der Waals surface area contributed by atoms with Crippen LogP contribution in [0.3, 0.4) is 0 Å². The molecule has 2 heterocycles. The Bertz CT molecular complexity index is 1010. The van der Waals surface area contributed by atoms with Crippen molar-refractivity contribution in [1.82, 2.24) is 9.97 Å². The lowest BCUT2D eigenvalue weighted by Gasteiger charge is -1.98. The molecule has 1 aromatic carbocycles. The van der Waals surface area contributed by atoms with Gasteiger partial charge in [-0.15, -0.1) is 11.3 Å². The van der Waals surface area contributed by atoms with Gasteiger partial charge in [-0.1, -0.05) is 12.1 Å². The zero-order valence-corrected chi connectivity index (χ0v) is 14.4. The lowest BCUT2D eigenvalue weighted by molar-refractivity contribution is 0.621. The van der Waals surface area contributed by atoms with Crippen molar-refractivity contribution in [2.24, 2.45) is 0 Å². The molecule has 0 saturated carbocycles. The number of rotatable bonds is 2.